The van der Waals surface area contributed by atoms with Crippen LogP contribution in [0.4, 0.5) is 13.2 Å². The van der Waals surface area contributed by atoms with E-state index in [1.807, 2.05) is 26.0 Å². The minimum absolute atomic E-state index is 0.132. The van der Waals surface area contributed by atoms with E-state index in [2.05, 4.69) is 26.8 Å². The van der Waals surface area contributed by atoms with Crippen molar-refractivity contribution in [3.05, 3.63) is 58.9 Å². The van der Waals surface area contributed by atoms with Gasteiger partial charge in [-0.05, 0) is 59.4 Å². The molecule has 2 aromatic rings. The van der Waals surface area contributed by atoms with E-state index in [9.17, 15) is 13.2 Å². The predicted octanol–water partition coefficient (Wildman–Crippen LogP) is 8.31. The molecule has 1 atom stereocenters. The van der Waals surface area contributed by atoms with Crippen molar-refractivity contribution in [1.82, 2.24) is 0 Å². The summed E-state index contributed by atoms with van der Waals surface area (Å²) in [6.45, 7) is 10.6. The minimum Gasteiger partial charge on any atom is -0.206 e. The fourth-order valence-electron chi connectivity index (χ4n) is 4.15. The van der Waals surface area contributed by atoms with E-state index < -0.39 is 12.2 Å². The largest absolute Gasteiger partial charge is 0.263 e. The van der Waals surface area contributed by atoms with Crippen molar-refractivity contribution in [3.63, 3.8) is 0 Å². The third-order valence-electron chi connectivity index (χ3n) is 5.69. The molecule has 0 heterocycles. The number of rotatable bonds is 4. The molecular weight excluding hydrogens is 345 g/mol. The van der Waals surface area contributed by atoms with E-state index >= 15 is 0 Å². The van der Waals surface area contributed by atoms with E-state index in [1.54, 1.807) is 0 Å². The maximum Gasteiger partial charge on any atom is 0.263 e. The summed E-state index contributed by atoms with van der Waals surface area (Å²) in [5.74, 6) is -0.116. The van der Waals surface area contributed by atoms with Gasteiger partial charge in [-0.3, -0.25) is 0 Å². The van der Waals surface area contributed by atoms with Gasteiger partial charge >= 0.3 is 0 Å². The molecule has 1 aliphatic carbocycles. The number of hydrogen-bond acceptors (Lipinski definition) is 0. The van der Waals surface area contributed by atoms with Crippen molar-refractivity contribution in [3.8, 4) is 11.1 Å². The lowest BCUT2D eigenvalue weighted by Gasteiger charge is -2.30. The lowest BCUT2D eigenvalue weighted by molar-refractivity contribution is 0.151. The number of aryl methyl sites for hydroxylation is 1. The van der Waals surface area contributed by atoms with E-state index in [4.69, 9.17) is 0 Å². The van der Waals surface area contributed by atoms with Crippen molar-refractivity contribution >= 4 is 0 Å². The van der Waals surface area contributed by atoms with E-state index in [1.165, 1.54) is 17.7 Å². The van der Waals surface area contributed by atoms with Crippen LogP contribution in [0.1, 0.15) is 82.9 Å². The predicted molar refractivity (Wildman–Crippen MR) is 108 cm³/mol. The minimum atomic E-state index is -2.60. The second kappa shape index (κ2) is 8.95. The van der Waals surface area contributed by atoms with Crippen LogP contribution in [0.15, 0.2) is 36.4 Å². The summed E-state index contributed by atoms with van der Waals surface area (Å²) in [5.41, 5.74) is 3.36. The van der Waals surface area contributed by atoms with Gasteiger partial charge in [0.15, 0.2) is 0 Å². The number of hydrogen-bond donors (Lipinski definition) is 0. The topological polar surface area (TPSA) is 0 Å². The molecule has 0 amide bonds. The van der Waals surface area contributed by atoms with E-state index in [-0.39, 0.29) is 16.5 Å². The Labute approximate surface area is 161 Å². The van der Waals surface area contributed by atoms with Gasteiger partial charge < -0.3 is 0 Å². The fourth-order valence-corrected chi connectivity index (χ4v) is 4.15. The first-order chi connectivity index (χ1) is 12.8. The van der Waals surface area contributed by atoms with Crippen LogP contribution in [0.5, 0.6) is 0 Å². The number of benzene rings is 2. The maximum absolute atomic E-state index is 14.5. The number of alkyl halides is 2. The quantitative estimate of drug-likeness (QED) is 0.503. The molecule has 0 nitrogen and oxygen atoms in total. The van der Waals surface area contributed by atoms with Crippen LogP contribution in [0.2, 0.25) is 0 Å². The van der Waals surface area contributed by atoms with Gasteiger partial charge in [-0.15, -0.1) is 0 Å². The highest BCUT2D eigenvalue weighted by Crippen LogP contribution is 2.51. The van der Waals surface area contributed by atoms with Gasteiger partial charge in [0.25, 0.3) is 6.43 Å². The van der Waals surface area contributed by atoms with Crippen LogP contribution in [-0.2, 0) is 6.42 Å². The van der Waals surface area contributed by atoms with Crippen LogP contribution in [0.25, 0.3) is 11.1 Å². The molecule has 1 unspecified atom stereocenters. The Morgan fingerprint density at radius 3 is 2.30 bits per heavy atom. The summed E-state index contributed by atoms with van der Waals surface area (Å²) in [4.78, 5) is 0. The molecular formula is C24H31F3. The van der Waals surface area contributed by atoms with Crippen molar-refractivity contribution in [2.45, 2.75) is 72.6 Å². The fraction of sp³-hybridized carbons (Fsp3) is 0.500. The Morgan fingerprint density at radius 1 is 1.04 bits per heavy atom. The molecule has 2 aromatic carbocycles. The smallest absolute Gasteiger partial charge is 0.206 e. The Bertz CT molecular complexity index is 762. The lowest BCUT2D eigenvalue weighted by Crippen LogP contribution is -2.16. The summed E-state index contributed by atoms with van der Waals surface area (Å²) >= 11 is 0. The second-order valence-electron chi connectivity index (χ2n) is 7.75. The summed E-state index contributed by atoms with van der Waals surface area (Å²) in [7, 11) is 0. The van der Waals surface area contributed by atoms with Gasteiger partial charge in [-0.25, -0.2) is 13.2 Å². The third-order valence-corrected chi connectivity index (χ3v) is 5.69. The van der Waals surface area contributed by atoms with Gasteiger partial charge in [-0.1, -0.05) is 65.3 Å². The average molecular weight is 377 g/mol. The first-order valence-corrected chi connectivity index (χ1v) is 10.0. The normalized spacial score (nSPS) is 18.3. The van der Waals surface area contributed by atoms with Gasteiger partial charge in [0.1, 0.15) is 5.82 Å². The molecule has 1 fully saturated rings. The van der Waals surface area contributed by atoms with Crippen LogP contribution in [-0.4, -0.2) is 0 Å². The zero-order valence-electron chi connectivity index (χ0n) is 17.1. The Kier molecular flexibility index (Phi) is 7.13. The van der Waals surface area contributed by atoms with Crippen molar-refractivity contribution in [1.29, 1.82) is 0 Å². The van der Waals surface area contributed by atoms with Gasteiger partial charge in [0.05, 0.1) is 0 Å². The monoisotopic (exact) mass is 376 g/mol. The SMILES string of the molecule is CC.CCc1ccc(-c2cc(C(F)F)ccc2F)c(C2CCCC2(C)C)c1. The van der Waals surface area contributed by atoms with Crippen LogP contribution in [0.3, 0.4) is 0 Å². The molecule has 0 radical (unpaired) electrons. The van der Waals surface area contributed by atoms with E-state index in [0.717, 1.165) is 42.9 Å². The van der Waals surface area contributed by atoms with Crippen molar-refractivity contribution in [2.24, 2.45) is 5.41 Å². The molecule has 0 spiro atoms. The molecule has 0 bridgehead atoms. The zero-order valence-corrected chi connectivity index (χ0v) is 17.1. The summed E-state index contributed by atoms with van der Waals surface area (Å²) in [5, 5.41) is 0. The summed E-state index contributed by atoms with van der Waals surface area (Å²) < 4.78 is 40.7. The molecule has 148 valence electrons. The lowest BCUT2D eigenvalue weighted by atomic mass is 9.75. The Morgan fingerprint density at radius 2 is 1.74 bits per heavy atom. The van der Waals surface area contributed by atoms with Crippen molar-refractivity contribution in [2.75, 3.05) is 0 Å². The average Bonchev–Trinajstić information content (AvgIpc) is 3.02. The molecule has 3 rings (SSSR count). The third kappa shape index (κ3) is 4.56. The molecule has 3 heteroatoms. The van der Waals surface area contributed by atoms with Crippen LogP contribution < -0.4 is 0 Å². The molecule has 1 saturated carbocycles. The molecule has 0 N–H and O–H groups in total. The number of halogens is 3. The Hall–Kier alpha value is -1.77. The maximum atomic E-state index is 14.5. The first-order valence-electron chi connectivity index (χ1n) is 10.0. The van der Waals surface area contributed by atoms with Gasteiger partial charge in [0, 0.05) is 11.1 Å². The van der Waals surface area contributed by atoms with Crippen molar-refractivity contribution < 1.29 is 13.2 Å². The van der Waals surface area contributed by atoms with E-state index in [0.29, 0.717) is 5.92 Å². The zero-order chi connectivity index (χ0) is 20.2. The molecule has 0 aliphatic heterocycles. The van der Waals surface area contributed by atoms with Gasteiger partial charge in [0.2, 0.25) is 0 Å². The highest BCUT2D eigenvalue weighted by molar-refractivity contribution is 5.70. The standard InChI is InChI=1S/C22H25F3.C2H6/c1-4-14-7-9-16(17(12-14)19-6-5-11-22(19,2)3)18-13-15(21(24)25)8-10-20(18)23;1-2/h7-10,12-13,19,21H,4-6,11H2,1-3H3;1-2H3. The summed E-state index contributed by atoms with van der Waals surface area (Å²) in [6, 6.07) is 9.69. The molecule has 0 saturated heterocycles. The van der Waals surface area contributed by atoms with Crippen LogP contribution >= 0.6 is 0 Å². The van der Waals surface area contributed by atoms with Crippen LogP contribution in [0, 0.1) is 11.2 Å². The molecule has 1 aliphatic rings. The molecule has 27 heavy (non-hydrogen) atoms. The summed E-state index contributed by atoms with van der Waals surface area (Å²) in [6.07, 6.45) is 1.64. The highest BCUT2D eigenvalue weighted by Gasteiger charge is 2.37. The van der Waals surface area contributed by atoms with Gasteiger partial charge in [-0.2, -0.15) is 0 Å². The highest BCUT2D eigenvalue weighted by atomic mass is 19.3. The second-order valence-corrected chi connectivity index (χ2v) is 7.75. The molecule has 0 aromatic heterocycles. The first kappa shape index (κ1) is 21.5. The Balaban J connectivity index is 0.00000126.